The summed E-state index contributed by atoms with van der Waals surface area (Å²) in [5.41, 5.74) is 7.55. The Kier molecular flexibility index (Phi) is 3.36. The predicted molar refractivity (Wildman–Crippen MR) is 66.8 cm³/mol. The van der Waals surface area contributed by atoms with Crippen LogP contribution in [0.1, 0.15) is 23.0 Å². The van der Waals surface area contributed by atoms with Gasteiger partial charge < -0.3 is 15.0 Å². The van der Waals surface area contributed by atoms with Gasteiger partial charge in [-0.05, 0) is 13.0 Å². The number of nitrogens with zero attached hydrogens (tertiary/aromatic N) is 3. The van der Waals surface area contributed by atoms with Crippen molar-refractivity contribution in [2.45, 2.75) is 20.1 Å². The Balaban J connectivity index is 2.03. The van der Waals surface area contributed by atoms with E-state index in [0.29, 0.717) is 17.9 Å². The van der Waals surface area contributed by atoms with Gasteiger partial charge in [0.1, 0.15) is 12.3 Å². The smallest absolute Gasteiger partial charge is 0.355 e. The van der Waals surface area contributed by atoms with Crippen molar-refractivity contribution in [2.24, 2.45) is 7.05 Å². The molecule has 2 heterocycles. The van der Waals surface area contributed by atoms with Crippen LogP contribution in [0.5, 0.6) is 0 Å². The maximum atomic E-state index is 11.9. The number of hydrogen-bond donors (Lipinski definition) is 1. The van der Waals surface area contributed by atoms with E-state index >= 15 is 0 Å². The molecule has 0 amide bonds. The lowest BCUT2D eigenvalue weighted by Crippen LogP contribution is -2.10. The van der Waals surface area contributed by atoms with E-state index in [-0.39, 0.29) is 12.6 Å². The molecule has 0 radical (unpaired) electrons. The van der Waals surface area contributed by atoms with Crippen LogP contribution >= 0.6 is 0 Å². The Hall–Kier alpha value is -2.24. The van der Waals surface area contributed by atoms with E-state index in [1.54, 1.807) is 33.9 Å². The summed E-state index contributed by atoms with van der Waals surface area (Å²) in [5.74, 6) is -0.377. The maximum Gasteiger partial charge on any atom is 0.355 e. The number of nitrogens with two attached hydrogens (primary N) is 1. The first-order chi connectivity index (χ1) is 8.60. The Morgan fingerprint density at radius 2 is 2.28 bits per heavy atom. The molecule has 0 aliphatic carbocycles. The summed E-state index contributed by atoms with van der Waals surface area (Å²) in [6.45, 7) is 2.83. The minimum Gasteiger partial charge on any atom is -0.456 e. The highest BCUT2D eigenvalue weighted by atomic mass is 16.5. The topological polar surface area (TPSA) is 75.1 Å². The highest BCUT2D eigenvalue weighted by Gasteiger charge is 2.13. The van der Waals surface area contributed by atoms with Crippen LogP contribution in [0.2, 0.25) is 0 Å². The molecule has 0 atom stereocenters. The van der Waals surface area contributed by atoms with Crippen LogP contribution < -0.4 is 5.73 Å². The Morgan fingerprint density at radius 1 is 1.50 bits per heavy atom. The van der Waals surface area contributed by atoms with Gasteiger partial charge >= 0.3 is 5.97 Å². The third-order valence-corrected chi connectivity index (χ3v) is 2.60. The molecule has 0 fully saturated rings. The largest absolute Gasteiger partial charge is 0.456 e. The van der Waals surface area contributed by atoms with Crippen LogP contribution in [-0.4, -0.2) is 20.3 Å². The van der Waals surface area contributed by atoms with Gasteiger partial charge in [0, 0.05) is 31.5 Å². The first-order valence-electron chi connectivity index (χ1n) is 5.70. The summed E-state index contributed by atoms with van der Waals surface area (Å²) in [6.07, 6.45) is 5.20. The number of aromatic nitrogens is 3. The van der Waals surface area contributed by atoms with E-state index in [1.807, 2.05) is 14.0 Å². The minimum atomic E-state index is -0.377. The quantitative estimate of drug-likeness (QED) is 0.824. The number of rotatable bonds is 4. The lowest BCUT2D eigenvalue weighted by atomic mass is 10.4. The first-order valence-corrected chi connectivity index (χ1v) is 5.70. The van der Waals surface area contributed by atoms with Crippen molar-refractivity contribution in [2.75, 3.05) is 5.73 Å². The number of esters is 1. The lowest BCUT2D eigenvalue weighted by molar-refractivity contribution is 0.0460. The van der Waals surface area contributed by atoms with Gasteiger partial charge in [-0.2, -0.15) is 5.10 Å². The number of hydrogen-bond acceptors (Lipinski definition) is 4. The van der Waals surface area contributed by atoms with Gasteiger partial charge in [-0.15, -0.1) is 0 Å². The summed E-state index contributed by atoms with van der Waals surface area (Å²) < 4.78 is 8.64. The first kappa shape index (κ1) is 12.2. The monoisotopic (exact) mass is 248 g/mol. The number of carbonyl (C=O) groups is 1. The summed E-state index contributed by atoms with van der Waals surface area (Å²) in [5, 5.41) is 4.01. The van der Waals surface area contributed by atoms with Crippen molar-refractivity contribution in [3.63, 3.8) is 0 Å². The zero-order chi connectivity index (χ0) is 13.1. The Morgan fingerprint density at radius 3 is 2.89 bits per heavy atom. The fraction of sp³-hybridized carbons (Fsp3) is 0.333. The van der Waals surface area contributed by atoms with Crippen molar-refractivity contribution < 1.29 is 9.53 Å². The lowest BCUT2D eigenvalue weighted by Gasteiger charge is -2.05. The summed E-state index contributed by atoms with van der Waals surface area (Å²) in [4.78, 5) is 11.9. The fourth-order valence-corrected chi connectivity index (χ4v) is 1.73. The van der Waals surface area contributed by atoms with Crippen LogP contribution in [0.3, 0.4) is 0 Å². The molecule has 96 valence electrons. The molecule has 0 saturated carbocycles. The molecule has 18 heavy (non-hydrogen) atoms. The van der Waals surface area contributed by atoms with Gasteiger partial charge in [0.05, 0.1) is 11.9 Å². The van der Waals surface area contributed by atoms with E-state index in [0.717, 1.165) is 5.56 Å². The molecule has 2 N–H and O–H groups in total. The molecule has 0 aliphatic heterocycles. The van der Waals surface area contributed by atoms with Gasteiger partial charge in [-0.3, -0.25) is 4.68 Å². The number of anilines is 1. The molecular formula is C12H16N4O2. The van der Waals surface area contributed by atoms with Crippen LogP contribution in [0.4, 0.5) is 5.69 Å². The van der Waals surface area contributed by atoms with E-state index in [4.69, 9.17) is 10.5 Å². The Bertz CT molecular complexity index is 556. The minimum absolute atomic E-state index is 0.210. The van der Waals surface area contributed by atoms with Crippen LogP contribution in [0.15, 0.2) is 24.7 Å². The van der Waals surface area contributed by atoms with Gasteiger partial charge in [0.2, 0.25) is 0 Å². The molecule has 6 nitrogen and oxygen atoms in total. The second-order valence-electron chi connectivity index (χ2n) is 4.04. The Labute approximate surface area is 105 Å². The van der Waals surface area contributed by atoms with Crippen molar-refractivity contribution in [1.29, 1.82) is 0 Å². The molecule has 2 aromatic heterocycles. The van der Waals surface area contributed by atoms with Crippen LogP contribution in [-0.2, 0) is 24.9 Å². The third-order valence-electron chi connectivity index (χ3n) is 2.60. The zero-order valence-corrected chi connectivity index (χ0v) is 10.5. The molecule has 0 spiro atoms. The second-order valence-corrected chi connectivity index (χ2v) is 4.04. The number of ether oxygens (including phenoxy) is 1. The third kappa shape index (κ3) is 2.53. The summed E-state index contributed by atoms with van der Waals surface area (Å²) in [6, 6.07) is 1.62. The van der Waals surface area contributed by atoms with Gasteiger partial charge in [-0.25, -0.2) is 4.79 Å². The standard InChI is InChI=1S/C12H16N4O2/c1-3-16-7-10(13)4-11(16)12(17)18-8-9-5-14-15(2)6-9/h4-7H,3,8,13H2,1-2H3. The number of nitrogen functional groups attached to an aromatic ring is 1. The SMILES string of the molecule is CCn1cc(N)cc1C(=O)OCc1cnn(C)c1. The molecule has 0 saturated heterocycles. The molecule has 2 aromatic rings. The molecule has 6 heteroatoms. The van der Waals surface area contributed by atoms with Gasteiger partial charge in [0.15, 0.2) is 0 Å². The van der Waals surface area contributed by atoms with E-state index in [9.17, 15) is 4.79 Å². The average molecular weight is 248 g/mol. The van der Waals surface area contributed by atoms with Crippen molar-refractivity contribution in [1.82, 2.24) is 14.3 Å². The van der Waals surface area contributed by atoms with Crippen molar-refractivity contribution in [3.8, 4) is 0 Å². The highest BCUT2D eigenvalue weighted by molar-refractivity contribution is 5.89. The van der Waals surface area contributed by atoms with Gasteiger partial charge in [0.25, 0.3) is 0 Å². The highest BCUT2D eigenvalue weighted by Crippen LogP contribution is 2.12. The van der Waals surface area contributed by atoms with Crippen LogP contribution in [0.25, 0.3) is 0 Å². The molecular weight excluding hydrogens is 232 g/mol. The fourth-order valence-electron chi connectivity index (χ4n) is 1.73. The molecule has 0 aromatic carbocycles. The van der Waals surface area contributed by atoms with Crippen molar-refractivity contribution in [3.05, 3.63) is 35.9 Å². The average Bonchev–Trinajstić information content (AvgIpc) is 2.92. The van der Waals surface area contributed by atoms with Crippen LogP contribution in [0, 0.1) is 0 Å². The number of aryl methyl sites for hydroxylation is 2. The normalized spacial score (nSPS) is 10.6. The molecule has 0 unspecified atom stereocenters. The number of carbonyl (C=O) groups excluding carboxylic acids is 1. The summed E-state index contributed by atoms with van der Waals surface area (Å²) in [7, 11) is 1.81. The van der Waals surface area contributed by atoms with Crippen molar-refractivity contribution >= 4 is 11.7 Å². The predicted octanol–water partition coefficient (Wildman–Crippen LogP) is 1.18. The zero-order valence-electron chi connectivity index (χ0n) is 10.5. The maximum absolute atomic E-state index is 11.9. The molecule has 0 aliphatic rings. The molecule has 2 rings (SSSR count). The summed E-state index contributed by atoms with van der Waals surface area (Å²) >= 11 is 0. The van der Waals surface area contributed by atoms with E-state index in [2.05, 4.69) is 5.10 Å². The van der Waals surface area contributed by atoms with E-state index in [1.165, 1.54) is 0 Å². The second kappa shape index (κ2) is 4.95. The van der Waals surface area contributed by atoms with Gasteiger partial charge in [-0.1, -0.05) is 0 Å². The molecule has 0 bridgehead atoms. The van der Waals surface area contributed by atoms with E-state index < -0.39 is 0 Å².